The van der Waals surface area contributed by atoms with Crippen LogP contribution in [0.25, 0.3) is 22.5 Å². The summed E-state index contributed by atoms with van der Waals surface area (Å²) in [6.45, 7) is 0.942. The van der Waals surface area contributed by atoms with Crippen molar-refractivity contribution < 1.29 is 17.9 Å². The van der Waals surface area contributed by atoms with Crippen LogP contribution in [0.15, 0.2) is 48.8 Å². The highest BCUT2D eigenvalue weighted by atomic mass is 19.1. The lowest BCUT2D eigenvalue weighted by Crippen LogP contribution is -1.95. The van der Waals surface area contributed by atoms with Crippen LogP contribution in [-0.2, 0) is 6.42 Å². The van der Waals surface area contributed by atoms with E-state index >= 15 is 0 Å². The van der Waals surface area contributed by atoms with Crippen molar-refractivity contribution in [2.75, 3.05) is 6.86 Å². The third-order valence-corrected chi connectivity index (χ3v) is 3.92. The summed E-state index contributed by atoms with van der Waals surface area (Å²) in [6, 6.07) is 8.39. The van der Waals surface area contributed by atoms with Crippen LogP contribution in [0.5, 0.6) is 5.75 Å². The molecule has 0 N–H and O–H groups in total. The molecule has 134 valence electrons. The average Bonchev–Trinajstić information content (AvgIpc) is 2.64. The van der Waals surface area contributed by atoms with Gasteiger partial charge in [0, 0.05) is 23.5 Å². The molecule has 0 amide bonds. The van der Waals surface area contributed by atoms with E-state index < -0.39 is 18.5 Å². The molecule has 0 saturated heterocycles. The zero-order chi connectivity index (χ0) is 18.5. The highest BCUT2D eigenvalue weighted by Gasteiger charge is 2.12. The second-order valence-corrected chi connectivity index (χ2v) is 5.76. The molecule has 0 spiro atoms. The molecule has 26 heavy (non-hydrogen) atoms. The van der Waals surface area contributed by atoms with Gasteiger partial charge in [-0.2, -0.15) is 0 Å². The van der Waals surface area contributed by atoms with Gasteiger partial charge in [-0.3, -0.25) is 0 Å². The number of nitrogens with zero attached hydrogens (tertiary/aromatic N) is 2. The normalized spacial score (nSPS) is 10.8. The minimum absolute atomic E-state index is 0.214. The number of aryl methyl sites for hydroxylation is 1. The van der Waals surface area contributed by atoms with Crippen LogP contribution in [0.3, 0.4) is 0 Å². The lowest BCUT2D eigenvalue weighted by atomic mass is 10.0. The number of hydrogen-bond donors (Lipinski definition) is 0. The Morgan fingerprint density at radius 3 is 2.23 bits per heavy atom. The number of aromatic nitrogens is 2. The molecule has 2 aromatic carbocycles. The van der Waals surface area contributed by atoms with Gasteiger partial charge in [-0.15, -0.1) is 0 Å². The second-order valence-electron chi connectivity index (χ2n) is 5.76. The Kier molecular flexibility index (Phi) is 5.51. The van der Waals surface area contributed by atoms with E-state index in [9.17, 15) is 13.2 Å². The Labute approximate surface area is 149 Å². The van der Waals surface area contributed by atoms with Crippen LogP contribution < -0.4 is 4.74 Å². The van der Waals surface area contributed by atoms with Gasteiger partial charge in [0.1, 0.15) is 5.82 Å². The van der Waals surface area contributed by atoms with Gasteiger partial charge in [0.05, 0.1) is 0 Å². The third kappa shape index (κ3) is 3.85. The summed E-state index contributed by atoms with van der Waals surface area (Å²) in [7, 11) is 0. The maximum atomic E-state index is 14.5. The van der Waals surface area contributed by atoms with E-state index in [1.54, 1.807) is 24.5 Å². The van der Waals surface area contributed by atoms with Crippen LogP contribution in [0.4, 0.5) is 13.2 Å². The van der Waals surface area contributed by atoms with Crippen LogP contribution in [-0.4, -0.2) is 16.8 Å². The number of alkyl halides is 1. The molecule has 6 heteroatoms. The molecule has 0 aliphatic rings. The number of halogens is 3. The highest BCUT2D eigenvalue weighted by molar-refractivity contribution is 5.69. The molecule has 1 heterocycles. The monoisotopic (exact) mass is 358 g/mol. The molecule has 0 fully saturated rings. The van der Waals surface area contributed by atoms with Gasteiger partial charge >= 0.3 is 0 Å². The molecule has 0 saturated carbocycles. The van der Waals surface area contributed by atoms with E-state index in [2.05, 4.69) is 21.6 Å². The molecular weight excluding hydrogens is 341 g/mol. The summed E-state index contributed by atoms with van der Waals surface area (Å²) in [5, 5.41) is 0. The Bertz CT molecular complexity index is 898. The molecule has 0 bridgehead atoms. The number of hydrogen-bond acceptors (Lipinski definition) is 3. The van der Waals surface area contributed by atoms with E-state index in [4.69, 9.17) is 0 Å². The van der Waals surface area contributed by atoms with Crippen molar-refractivity contribution in [1.82, 2.24) is 9.97 Å². The summed E-state index contributed by atoms with van der Waals surface area (Å²) in [6.07, 6.45) is 5.35. The summed E-state index contributed by atoms with van der Waals surface area (Å²) in [4.78, 5) is 8.53. The molecule has 3 aromatic rings. The van der Waals surface area contributed by atoms with Crippen LogP contribution >= 0.6 is 0 Å². The van der Waals surface area contributed by atoms with Crippen molar-refractivity contribution in [1.29, 1.82) is 0 Å². The first-order valence-electron chi connectivity index (χ1n) is 8.22. The van der Waals surface area contributed by atoms with Crippen molar-refractivity contribution in [3.8, 4) is 28.3 Å². The van der Waals surface area contributed by atoms with Crippen LogP contribution in [0.2, 0.25) is 0 Å². The van der Waals surface area contributed by atoms with E-state index in [-0.39, 0.29) is 11.3 Å². The molecule has 0 atom stereocenters. The van der Waals surface area contributed by atoms with E-state index in [1.807, 2.05) is 0 Å². The summed E-state index contributed by atoms with van der Waals surface area (Å²) < 4.78 is 45.1. The van der Waals surface area contributed by atoms with Crippen molar-refractivity contribution in [3.05, 3.63) is 66.0 Å². The number of ether oxygens (including phenoxy) is 1. The van der Waals surface area contributed by atoms with Crippen molar-refractivity contribution in [2.45, 2.75) is 19.8 Å². The maximum Gasteiger partial charge on any atom is 0.228 e. The summed E-state index contributed by atoms with van der Waals surface area (Å²) >= 11 is 0. The van der Waals surface area contributed by atoms with Crippen LogP contribution in [0.1, 0.15) is 18.9 Å². The van der Waals surface area contributed by atoms with Gasteiger partial charge in [0.2, 0.25) is 6.86 Å². The lowest BCUT2D eigenvalue weighted by molar-refractivity contribution is 0.184. The van der Waals surface area contributed by atoms with Gasteiger partial charge in [-0.05, 0) is 35.7 Å². The molecule has 0 unspecified atom stereocenters. The molecule has 0 radical (unpaired) electrons. The Morgan fingerprint density at radius 2 is 1.62 bits per heavy atom. The quantitative estimate of drug-likeness (QED) is 0.596. The van der Waals surface area contributed by atoms with Gasteiger partial charge < -0.3 is 4.74 Å². The van der Waals surface area contributed by atoms with Gasteiger partial charge in [-0.1, -0.05) is 31.5 Å². The standard InChI is InChI=1S/C20H17F3N2O/c1-2-3-13-10-24-20(25-11-13)15-4-6-16(17(22)9-15)14-5-7-19(26-12-21)18(23)8-14/h4-11H,2-3,12H2,1H3. The fourth-order valence-corrected chi connectivity index (χ4v) is 2.65. The molecular formula is C20H17F3N2O. The summed E-state index contributed by atoms with van der Waals surface area (Å²) in [5.74, 6) is -1.07. The Balaban J connectivity index is 1.89. The van der Waals surface area contributed by atoms with Crippen LogP contribution in [0, 0.1) is 11.6 Å². The maximum absolute atomic E-state index is 14.5. The van der Waals surface area contributed by atoms with Gasteiger partial charge in [-0.25, -0.2) is 23.1 Å². The third-order valence-electron chi connectivity index (χ3n) is 3.92. The predicted octanol–water partition coefficient (Wildman–Crippen LogP) is 5.35. The molecule has 0 aliphatic heterocycles. The van der Waals surface area contributed by atoms with E-state index in [1.165, 1.54) is 18.2 Å². The summed E-state index contributed by atoms with van der Waals surface area (Å²) in [5.41, 5.74) is 2.12. The minimum atomic E-state index is -1.13. The predicted molar refractivity (Wildman–Crippen MR) is 93.4 cm³/mol. The zero-order valence-electron chi connectivity index (χ0n) is 14.2. The fourth-order valence-electron chi connectivity index (χ4n) is 2.65. The number of rotatable bonds is 6. The Morgan fingerprint density at radius 1 is 0.923 bits per heavy atom. The first-order chi connectivity index (χ1) is 12.6. The first kappa shape index (κ1) is 17.9. The van der Waals surface area contributed by atoms with Gasteiger partial charge in [0.25, 0.3) is 0 Å². The minimum Gasteiger partial charge on any atom is -0.460 e. The first-order valence-corrected chi connectivity index (χ1v) is 8.22. The molecule has 1 aromatic heterocycles. The largest absolute Gasteiger partial charge is 0.460 e. The Hall–Kier alpha value is -2.89. The van der Waals surface area contributed by atoms with E-state index in [0.29, 0.717) is 17.0 Å². The SMILES string of the molecule is CCCc1cnc(-c2ccc(-c3ccc(OCF)c(F)c3)c(F)c2)nc1. The fraction of sp³-hybridized carbons (Fsp3) is 0.200. The number of benzene rings is 2. The lowest BCUT2D eigenvalue weighted by Gasteiger charge is -2.08. The highest BCUT2D eigenvalue weighted by Crippen LogP contribution is 2.29. The smallest absolute Gasteiger partial charge is 0.228 e. The van der Waals surface area contributed by atoms with Crippen molar-refractivity contribution >= 4 is 0 Å². The van der Waals surface area contributed by atoms with E-state index in [0.717, 1.165) is 24.5 Å². The van der Waals surface area contributed by atoms with Gasteiger partial charge in [0.15, 0.2) is 17.4 Å². The average molecular weight is 358 g/mol. The molecule has 3 rings (SSSR count). The zero-order valence-corrected chi connectivity index (χ0v) is 14.2. The van der Waals surface area contributed by atoms with Crippen molar-refractivity contribution in [3.63, 3.8) is 0 Å². The molecule has 3 nitrogen and oxygen atoms in total. The van der Waals surface area contributed by atoms with Crippen molar-refractivity contribution in [2.24, 2.45) is 0 Å². The molecule has 0 aliphatic carbocycles. The second kappa shape index (κ2) is 7.99. The topological polar surface area (TPSA) is 35.0 Å².